The van der Waals surface area contributed by atoms with Crippen LogP contribution in [0, 0.1) is 0 Å². The zero-order valence-electron chi connectivity index (χ0n) is 13.1. The average Bonchev–Trinajstić information content (AvgIpc) is 2.36. The molecule has 1 fully saturated rings. The highest BCUT2D eigenvalue weighted by Crippen LogP contribution is 2.03. The van der Waals surface area contributed by atoms with E-state index in [1.54, 1.807) is 6.92 Å². The van der Waals surface area contributed by atoms with Gasteiger partial charge in [-0.25, -0.2) is 13.1 Å². The Morgan fingerprint density at radius 1 is 1.15 bits per heavy atom. The molecule has 1 aliphatic rings. The molecule has 0 spiro atoms. The summed E-state index contributed by atoms with van der Waals surface area (Å²) in [5.74, 6) is 0. The number of nitrogens with zero attached hydrogens (tertiary/aromatic N) is 1. The summed E-state index contributed by atoms with van der Waals surface area (Å²) in [4.78, 5) is 2.23. The Kier molecular flexibility index (Phi) is 7.39. The Bertz CT molecular complexity index is 367. The molecule has 0 bridgehead atoms. The minimum atomic E-state index is -3.28. The molecule has 0 amide bonds. The molecule has 7 heteroatoms. The second-order valence-corrected chi connectivity index (χ2v) is 7.98. The molecule has 0 saturated carbocycles. The maximum Gasteiger partial charge on any atom is 0.215 e. The highest BCUT2D eigenvalue weighted by atomic mass is 32.2. The van der Waals surface area contributed by atoms with Crippen LogP contribution < -0.4 is 10.0 Å². The van der Waals surface area contributed by atoms with Gasteiger partial charge in [-0.15, -0.1) is 0 Å². The summed E-state index contributed by atoms with van der Waals surface area (Å²) in [6.45, 7) is 12.1. The third-order valence-electron chi connectivity index (χ3n) is 3.34. The van der Waals surface area contributed by atoms with Crippen LogP contribution in [0.3, 0.4) is 0 Å². The van der Waals surface area contributed by atoms with Gasteiger partial charge in [0.1, 0.15) is 0 Å². The van der Waals surface area contributed by atoms with Crippen molar-refractivity contribution in [2.45, 2.75) is 45.0 Å². The lowest BCUT2D eigenvalue weighted by Crippen LogP contribution is -2.49. The smallest absolute Gasteiger partial charge is 0.215 e. The van der Waals surface area contributed by atoms with Crippen LogP contribution in [0.2, 0.25) is 0 Å². The second kappa shape index (κ2) is 8.29. The van der Waals surface area contributed by atoms with Crippen LogP contribution in [-0.2, 0) is 14.8 Å². The van der Waals surface area contributed by atoms with Crippen molar-refractivity contribution >= 4 is 10.0 Å². The molecular weight excluding hydrogens is 278 g/mol. The summed E-state index contributed by atoms with van der Waals surface area (Å²) in [5.41, 5.74) is 0. The summed E-state index contributed by atoms with van der Waals surface area (Å²) < 4.78 is 32.5. The molecule has 6 nitrogen and oxygen atoms in total. The van der Waals surface area contributed by atoms with Crippen LogP contribution in [0.5, 0.6) is 0 Å². The first-order chi connectivity index (χ1) is 9.31. The number of hydrogen-bond acceptors (Lipinski definition) is 5. The van der Waals surface area contributed by atoms with E-state index in [-0.39, 0.29) is 6.04 Å². The standard InChI is InChI=1S/C13H29N3O3S/c1-11(2)14-9-13(4)20(17,18)15-12(3)10-16-5-7-19-8-6-16/h11-15H,5-10H2,1-4H3. The summed E-state index contributed by atoms with van der Waals surface area (Å²) in [6.07, 6.45) is 0. The Balaban J connectivity index is 2.39. The first-order valence-corrected chi connectivity index (χ1v) is 8.90. The fraction of sp³-hybridized carbons (Fsp3) is 1.00. The summed E-state index contributed by atoms with van der Waals surface area (Å²) >= 11 is 0. The van der Waals surface area contributed by atoms with E-state index in [0.717, 1.165) is 32.8 Å². The van der Waals surface area contributed by atoms with Gasteiger partial charge < -0.3 is 10.1 Å². The molecule has 0 aromatic heterocycles. The van der Waals surface area contributed by atoms with E-state index in [9.17, 15) is 8.42 Å². The van der Waals surface area contributed by atoms with Crippen molar-refractivity contribution in [2.24, 2.45) is 0 Å². The van der Waals surface area contributed by atoms with Gasteiger partial charge in [-0.1, -0.05) is 13.8 Å². The molecule has 20 heavy (non-hydrogen) atoms. The van der Waals surface area contributed by atoms with E-state index >= 15 is 0 Å². The number of ether oxygens (including phenoxy) is 1. The normalized spacial score (nSPS) is 21.1. The first kappa shape index (κ1) is 17.8. The van der Waals surface area contributed by atoms with Crippen molar-refractivity contribution in [1.29, 1.82) is 0 Å². The topological polar surface area (TPSA) is 70.7 Å². The molecule has 1 aliphatic heterocycles. The average molecular weight is 307 g/mol. The van der Waals surface area contributed by atoms with Gasteiger partial charge in [0.25, 0.3) is 0 Å². The van der Waals surface area contributed by atoms with Crippen molar-refractivity contribution < 1.29 is 13.2 Å². The molecule has 1 rings (SSSR count). The fourth-order valence-electron chi connectivity index (χ4n) is 2.12. The molecule has 0 aliphatic carbocycles. The number of rotatable bonds is 8. The summed E-state index contributed by atoms with van der Waals surface area (Å²) in [7, 11) is -3.28. The third kappa shape index (κ3) is 6.49. The van der Waals surface area contributed by atoms with Crippen LogP contribution in [0.4, 0.5) is 0 Å². The minimum Gasteiger partial charge on any atom is -0.379 e. The van der Waals surface area contributed by atoms with Crippen LogP contribution >= 0.6 is 0 Å². The lowest BCUT2D eigenvalue weighted by molar-refractivity contribution is 0.0354. The van der Waals surface area contributed by atoms with E-state index in [1.807, 2.05) is 20.8 Å². The maximum atomic E-state index is 12.2. The quantitative estimate of drug-likeness (QED) is 0.661. The molecule has 0 radical (unpaired) electrons. The van der Waals surface area contributed by atoms with Gasteiger partial charge in [-0.2, -0.15) is 0 Å². The SMILES string of the molecule is CC(C)NCC(C)S(=O)(=O)NC(C)CN1CCOCC1. The van der Waals surface area contributed by atoms with Crippen molar-refractivity contribution in [3.8, 4) is 0 Å². The lowest BCUT2D eigenvalue weighted by atomic mass is 10.3. The summed E-state index contributed by atoms with van der Waals surface area (Å²) in [5, 5.41) is 2.73. The molecule has 2 N–H and O–H groups in total. The molecule has 0 aromatic carbocycles. The zero-order chi connectivity index (χ0) is 15.2. The Morgan fingerprint density at radius 3 is 2.30 bits per heavy atom. The predicted molar refractivity (Wildman–Crippen MR) is 81.4 cm³/mol. The van der Waals surface area contributed by atoms with Gasteiger partial charge in [-0.05, 0) is 13.8 Å². The number of sulfonamides is 1. The van der Waals surface area contributed by atoms with Crippen molar-refractivity contribution in [3.05, 3.63) is 0 Å². The molecule has 2 atom stereocenters. The van der Waals surface area contributed by atoms with E-state index in [1.165, 1.54) is 0 Å². The number of hydrogen-bond donors (Lipinski definition) is 2. The van der Waals surface area contributed by atoms with Crippen molar-refractivity contribution in [1.82, 2.24) is 14.9 Å². The highest BCUT2D eigenvalue weighted by Gasteiger charge is 2.24. The van der Waals surface area contributed by atoms with Gasteiger partial charge in [0.05, 0.1) is 18.5 Å². The van der Waals surface area contributed by atoms with Gasteiger partial charge >= 0.3 is 0 Å². The van der Waals surface area contributed by atoms with E-state index in [4.69, 9.17) is 4.74 Å². The Labute approximate surface area is 123 Å². The van der Waals surface area contributed by atoms with Crippen LogP contribution in [0.1, 0.15) is 27.7 Å². The molecule has 1 saturated heterocycles. The summed E-state index contributed by atoms with van der Waals surface area (Å²) in [6, 6.07) is 0.207. The monoisotopic (exact) mass is 307 g/mol. The van der Waals surface area contributed by atoms with Crippen molar-refractivity contribution in [2.75, 3.05) is 39.4 Å². The molecule has 1 heterocycles. The van der Waals surface area contributed by atoms with E-state index in [2.05, 4.69) is 14.9 Å². The number of morpholine rings is 1. The third-order valence-corrected chi connectivity index (χ3v) is 5.30. The lowest BCUT2D eigenvalue weighted by Gasteiger charge is -2.29. The molecule has 2 unspecified atom stereocenters. The Morgan fingerprint density at radius 2 is 1.75 bits per heavy atom. The van der Waals surface area contributed by atoms with Crippen LogP contribution in [-0.4, -0.2) is 70.0 Å². The van der Waals surface area contributed by atoms with Gasteiger partial charge in [0.15, 0.2) is 0 Å². The van der Waals surface area contributed by atoms with Crippen LogP contribution in [0.15, 0.2) is 0 Å². The molecule has 120 valence electrons. The van der Waals surface area contributed by atoms with Crippen molar-refractivity contribution in [3.63, 3.8) is 0 Å². The predicted octanol–water partition coefficient (Wildman–Crippen LogP) is 0.0130. The minimum absolute atomic E-state index is 0.0837. The Hall–Kier alpha value is -0.210. The van der Waals surface area contributed by atoms with Gasteiger partial charge in [-0.3, -0.25) is 4.90 Å². The first-order valence-electron chi connectivity index (χ1n) is 7.36. The second-order valence-electron chi connectivity index (χ2n) is 5.85. The van der Waals surface area contributed by atoms with Gasteiger partial charge in [0, 0.05) is 38.3 Å². The maximum absolute atomic E-state index is 12.2. The van der Waals surface area contributed by atoms with Gasteiger partial charge in [0.2, 0.25) is 10.0 Å². The zero-order valence-corrected chi connectivity index (χ0v) is 13.9. The highest BCUT2D eigenvalue weighted by molar-refractivity contribution is 7.90. The van der Waals surface area contributed by atoms with Crippen LogP contribution in [0.25, 0.3) is 0 Å². The molecule has 0 aromatic rings. The van der Waals surface area contributed by atoms with E-state index in [0.29, 0.717) is 12.6 Å². The number of nitrogens with one attached hydrogen (secondary N) is 2. The largest absolute Gasteiger partial charge is 0.379 e. The van der Waals surface area contributed by atoms with E-state index < -0.39 is 15.3 Å². The fourth-order valence-corrected chi connectivity index (χ4v) is 3.30. The molecular formula is C13H29N3O3S.